The maximum Gasteiger partial charge on any atom is 0.360 e. The smallest absolute Gasteiger partial charge is 0.360 e. The van der Waals surface area contributed by atoms with Crippen LogP contribution in [0.15, 0.2) is 47.5 Å². The van der Waals surface area contributed by atoms with E-state index in [0.717, 1.165) is 17.0 Å². The highest BCUT2D eigenvalue weighted by molar-refractivity contribution is 7.92. The van der Waals surface area contributed by atoms with E-state index in [9.17, 15) is 26.4 Å². The van der Waals surface area contributed by atoms with Crippen LogP contribution >= 0.6 is 0 Å². The number of benzene rings is 1. The molecular weight excluding hydrogens is 598 g/mol. The molecule has 0 aliphatic carbocycles. The molecule has 2 aromatic heterocycles. The van der Waals surface area contributed by atoms with Gasteiger partial charge in [-0.15, -0.1) is 0 Å². The first-order chi connectivity index (χ1) is 20.1. The van der Waals surface area contributed by atoms with Crippen LogP contribution in [0, 0.1) is 6.92 Å². The second kappa shape index (κ2) is 13.7. The SMILES string of the molecule is COC(=O)c1nc(N(C)S(=O)(=O)CCCCCCC(=O)OC(C)(C)C)c2cccnc2c1OS(=O)(=O)c1ccc(C)cc1. The predicted molar refractivity (Wildman–Crippen MR) is 161 cm³/mol. The number of sulfonamides is 1. The Hall–Kier alpha value is -3.78. The van der Waals surface area contributed by atoms with Crippen LogP contribution in [0.2, 0.25) is 0 Å². The third-order valence-corrected chi connectivity index (χ3v) is 9.29. The fourth-order valence-corrected chi connectivity index (χ4v) is 6.27. The number of fused-ring (bicyclic) bond motifs is 1. The molecule has 3 aromatic rings. The van der Waals surface area contributed by atoms with Gasteiger partial charge >= 0.3 is 22.1 Å². The first-order valence-corrected chi connectivity index (χ1v) is 16.6. The zero-order valence-electron chi connectivity index (χ0n) is 25.1. The van der Waals surface area contributed by atoms with Gasteiger partial charge in [-0.1, -0.05) is 30.5 Å². The van der Waals surface area contributed by atoms with Gasteiger partial charge in [0, 0.05) is 25.1 Å². The fraction of sp³-hybridized carbons (Fsp3) is 0.448. The molecule has 0 aliphatic heterocycles. The van der Waals surface area contributed by atoms with Gasteiger partial charge in [-0.2, -0.15) is 8.42 Å². The minimum atomic E-state index is -4.43. The Morgan fingerprint density at radius 3 is 2.23 bits per heavy atom. The van der Waals surface area contributed by atoms with Crippen molar-refractivity contribution in [3.8, 4) is 5.75 Å². The van der Waals surface area contributed by atoms with Crippen molar-refractivity contribution in [2.24, 2.45) is 0 Å². The van der Waals surface area contributed by atoms with Crippen LogP contribution in [0.25, 0.3) is 10.9 Å². The van der Waals surface area contributed by atoms with Crippen molar-refractivity contribution in [3.05, 3.63) is 53.9 Å². The van der Waals surface area contributed by atoms with E-state index in [1.54, 1.807) is 39.8 Å². The summed E-state index contributed by atoms with van der Waals surface area (Å²) in [5.74, 6) is -2.20. The zero-order chi connectivity index (χ0) is 32.0. The minimum absolute atomic E-state index is 0.0900. The van der Waals surface area contributed by atoms with E-state index in [0.29, 0.717) is 25.7 Å². The number of ether oxygens (including phenoxy) is 2. The monoisotopic (exact) mass is 635 g/mol. The highest BCUT2D eigenvalue weighted by Crippen LogP contribution is 2.36. The number of esters is 2. The summed E-state index contributed by atoms with van der Waals surface area (Å²) in [6.45, 7) is 7.18. The maximum absolute atomic E-state index is 13.3. The van der Waals surface area contributed by atoms with E-state index in [1.165, 1.54) is 37.5 Å². The van der Waals surface area contributed by atoms with Crippen molar-refractivity contribution in [1.82, 2.24) is 9.97 Å². The van der Waals surface area contributed by atoms with Crippen molar-refractivity contribution >= 4 is 48.8 Å². The van der Waals surface area contributed by atoms with Gasteiger partial charge in [0.1, 0.15) is 16.0 Å². The zero-order valence-corrected chi connectivity index (χ0v) is 26.7. The van der Waals surface area contributed by atoms with E-state index in [1.807, 2.05) is 0 Å². The van der Waals surface area contributed by atoms with Crippen molar-refractivity contribution in [1.29, 1.82) is 0 Å². The van der Waals surface area contributed by atoms with Crippen LogP contribution in [0.3, 0.4) is 0 Å². The van der Waals surface area contributed by atoms with Crippen LogP contribution in [0.1, 0.15) is 68.9 Å². The van der Waals surface area contributed by atoms with Gasteiger partial charge in [0.25, 0.3) is 0 Å². The molecule has 0 aliphatic rings. The average Bonchev–Trinajstić information content (AvgIpc) is 2.93. The molecule has 0 spiro atoms. The number of aromatic nitrogens is 2. The van der Waals surface area contributed by atoms with Crippen molar-refractivity contribution in [2.75, 3.05) is 24.2 Å². The topological polar surface area (TPSA) is 159 Å². The summed E-state index contributed by atoms with van der Waals surface area (Å²) in [5.41, 5.74) is -0.370. The first kappa shape index (κ1) is 33.7. The highest BCUT2D eigenvalue weighted by Gasteiger charge is 2.31. The number of hydrogen-bond acceptors (Lipinski definition) is 11. The number of carbonyl (C=O) groups excluding carboxylic acids is 2. The lowest BCUT2D eigenvalue weighted by Crippen LogP contribution is -2.30. The number of hydrogen-bond donors (Lipinski definition) is 0. The van der Waals surface area contributed by atoms with E-state index >= 15 is 0 Å². The lowest BCUT2D eigenvalue weighted by Gasteiger charge is -2.22. The number of pyridine rings is 2. The Morgan fingerprint density at radius 2 is 1.60 bits per heavy atom. The molecule has 12 nitrogen and oxygen atoms in total. The number of anilines is 1. The number of nitrogens with zero attached hydrogens (tertiary/aromatic N) is 3. The molecule has 0 bridgehead atoms. The number of unbranched alkanes of at least 4 members (excludes halogenated alkanes) is 3. The third kappa shape index (κ3) is 8.86. The van der Waals surface area contributed by atoms with Gasteiger partial charge in [-0.25, -0.2) is 18.2 Å². The van der Waals surface area contributed by atoms with Gasteiger partial charge in [-0.3, -0.25) is 14.1 Å². The quantitative estimate of drug-likeness (QED) is 0.147. The second-order valence-corrected chi connectivity index (χ2v) is 14.6. The van der Waals surface area contributed by atoms with Crippen LogP contribution in [-0.4, -0.2) is 64.3 Å². The largest absolute Gasteiger partial charge is 0.464 e. The van der Waals surface area contributed by atoms with Gasteiger partial charge in [0.05, 0.1) is 12.9 Å². The lowest BCUT2D eigenvalue weighted by molar-refractivity contribution is -0.154. The summed E-state index contributed by atoms with van der Waals surface area (Å²) in [4.78, 5) is 32.9. The molecule has 0 radical (unpaired) electrons. The molecule has 234 valence electrons. The minimum Gasteiger partial charge on any atom is -0.464 e. The van der Waals surface area contributed by atoms with Gasteiger partial charge < -0.3 is 13.7 Å². The lowest BCUT2D eigenvalue weighted by atomic mass is 10.1. The standard InChI is InChI=1S/C29H37N3O9S2/c1-20-14-16-21(17-15-20)43(37,38)41-26-24-22(12-11-18-30-24)27(31-25(26)28(34)39-6)32(5)42(35,36)19-10-8-7-9-13-23(33)40-29(2,3)4/h11-12,14-18H,7-10,13,19H2,1-6H3. The van der Waals surface area contributed by atoms with Gasteiger partial charge in [0.15, 0.2) is 11.5 Å². The number of rotatable bonds is 13. The Labute approximate surface area is 252 Å². The van der Waals surface area contributed by atoms with E-state index in [4.69, 9.17) is 13.7 Å². The maximum atomic E-state index is 13.3. The second-order valence-electron chi connectivity index (χ2n) is 10.9. The number of aryl methyl sites for hydroxylation is 1. The summed E-state index contributed by atoms with van der Waals surface area (Å²) < 4.78 is 69.3. The molecule has 14 heteroatoms. The summed E-state index contributed by atoms with van der Waals surface area (Å²) in [6.07, 6.45) is 3.68. The molecule has 43 heavy (non-hydrogen) atoms. The van der Waals surface area contributed by atoms with Crippen LogP contribution < -0.4 is 8.49 Å². The van der Waals surface area contributed by atoms with Gasteiger partial charge in [-0.05, 0) is 64.8 Å². The molecule has 2 heterocycles. The Morgan fingerprint density at radius 1 is 0.953 bits per heavy atom. The van der Waals surface area contributed by atoms with E-state index in [-0.39, 0.29) is 39.8 Å². The average molecular weight is 636 g/mol. The Kier molecular flexibility index (Phi) is 10.7. The van der Waals surface area contributed by atoms with E-state index in [2.05, 4.69) is 9.97 Å². The van der Waals surface area contributed by atoms with Crippen LogP contribution in [0.4, 0.5) is 5.82 Å². The summed E-state index contributed by atoms with van der Waals surface area (Å²) >= 11 is 0. The van der Waals surface area contributed by atoms with Gasteiger partial charge in [0.2, 0.25) is 15.8 Å². The first-order valence-electron chi connectivity index (χ1n) is 13.6. The molecule has 0 amide bonds. The molecule has 1 aromatic carbocycles. The van der Waals surface area contributed by atoms with Crippen molar-refractivity contribution in [3.63, 3.8) is 0 Å². The molecule has 0 N–H and O–H groups in total. The Bertz CT molecular complexity index is 1680. The van der Waals surface area contributed by atoms with Crippen LogP contribution in [-0.2, 0) is 34.4 Å². The summed E-state index contributed by atoms with van der Waals surface area (Å²) in [5, 5.41) is 0.146. The molecule has 0 saturated heterocycles. The molecule has 0 fully saturated rings. The van der Waals surface area contributed by atoms with Crippen molar-refractivity contribution in [2.45, 2.75) is 70.3 Å². The van der Waals surface area contributed by atoms with E-state index < -0.39 is 43.2 Å². The van der Waals surface area contributed by atoms with Crippen LogP contribution in [0.5, 0.6) is 5.75 Å². The summed E-state index contributed by atoms with van der Waals surface area (Å²) in [6, 6.07) is 8.93. The van der Waals surface area contributed by atoms with Crippen molar-refractivity contribution < 1.29 is 40.1 Å². The Balaban J connectivity index is 1.86. The third-order valence-electron chi connectivity index (χ3n) is 6.25. The molecule has 0 atom stereocenters. The normalized spacial score (nSPS) is 12.1. The number of carbonyl (C=O) groups is 2. The molecule has 0 unspecified atom stereocenters. The molecule has 3 rings (SSSR count). The fourth-order valence-electron chi connectivity index (χ4n) is 4.08. The highest BCUT2D eigenvalue weighted by atomic mass is 32.2. The number of methoxy groups -OCH3 is 1. The predicted octanol–water partition coefficient (Wildman–Crippen LogP) is 4.55. The summed E-state index contributed by atoms with van der Waals surface area (Å²) in [7, 11) is -6.00. The molecule has 0 saturated carbocycles. The molecular formula is C29H37N3O9S2.